The Morgan fingerprint density at radius 2 is 1.90 bits per heavy atom. The lowest BCUT2D eigenvalue weighted by Gasteiger charge is -2.31. The van der Waals surface area contributed by atoms with E-state index in [1.165, 1.54) is 0 Å². The monoisotopic (exact) mass is 391 g/mol. The number of nitrogens with one attached hydrogen (secondary N) is 1. The van der Waals surface area contributed by atoms with E-state index in [2.05, 4.69) is 10.5 Å². The SMILES string of the molecule is CC(=O)N1CCC(CCc2noc3ccc(NC(=O)c4ccccc4)cc23)CC1. The number of aryl methyl sites for hydroxylation is 1. The summed E-state index contributed by atoms with van der Waals surface area (Å²) < 4.78 is 5.47. The van der Waals surface area contributed by atoms with Crippen molar-refractivity contribution in [2.45, 2.75) is 32.6 Å². The minimum atomic E-state index is -0.139. The lowest BCUT2D eigenvalue weighted by atomic mass is 9.91. The van der Waals surface area contributed by atoms with Crippen molar-refractivity contribution in [3.8, 4) is 0 Å². The van der Waals surface area contributed by atoms with Crippen molar-refractivity contribution in [2.24, 2.45) is 5.92 Å². The zero-order valence-electron chi connectivity index (χ0n) is 16.6. The van der Waals surface area contributed by atoms with Gasteiger partial charge in [0.05, 0.1) is 5.69 Å². The second-order valence-electron chi connectivity index (χ2n) is 7.65. The highest BCUT2D eigenvalue weighted by atomic mass is 16.5. The van der Waals surface area contributed by atoms with E-state index in [9.17, 15) is 9.59 Å². The molecule has 0 radical (unpaired) electrons. The van der Waals surface area contributed by atoms with Gasteiger partial charge in [-0.2, -0.15) is 0 Å². The molecule has 0 spiro atoms. The van der Waals surface area contributed by atoms with E-state index < -0.39 is 0 Å². The van der Waals surface area contributed by atoms with Gasteiger partial charge in [-0.1, -0.05) is 23.4 Å². The molecule has 1 saturated heterocycles. The summed E-state index contributed by atoms with van der Waals surface area (Å²) in [5.41, 5.74) is 2.99. The van der Waals surface area contributed by atoms with Crippen molar-refractivity contribution >= 4 is 28.5 Å². The van der Waals surface area contributed by atoms with Crippen molar-refractivity contribution in [1.29, 1.82) is 0 Å². The van der Waals surface area contributed by atoms with Crippen LogP contribution in [0.4, 0.5) is 5.69 Å². The van der Waals surface area contributed by atoms with Crippen LogP contribution >= 0.6 is 0 Å². The third-order valence-electron chi connectivity index (χ3n) is 5.69. The van der Waals surface area contributed by atoms with Crippen LogP contribution in [0.3, 0.4) is 0 Å². The Morgan fingerprint density at radius 1 is 1.14 bits per heavy atom. The summed E-state index contributed by atoms with van der Waals surface area (Å²) in [5.74, 6) is 0.620. The molecule has 3 aromatic rings. The minimum absolute atomic E-state index is 0.139. The Labute approximate surface area is 169 Å². The van der Waals surface area contributed by atoms with Crippen LogP contribution in [-0.4, -0.2) is 35.0 Å². The number of amides is 2. The van der Waals surface area contributed by atoms with Gasteiger partial charge >= 0.3 is 0 Å². The van der Waals surface area contributed by atoms with Gasteiger partial charge in [0.1, 0.15) is 0 Å². The molecule has 0 bridgehead atoms. The number of carbonyl (C=O) groups is 2. The lowest BCUT2D eigenvalue weighted by molar-refractivity contribution is -0.130. The van der Waals surface area contributed by atoms with Gasteiger partial charge in [0, 0.05) is 36.7 Å². The summed E-state index contributed by atoms with van der Waals surface area (Å²) in [6.45, 7) is 3.32. The molecule has 0 atom stereocenters. The maximum Gasteiger partial charge on any atom is 0.255 e. The fourth-order valence-electron chi connectivity index (χ4n) is 3.92. The standard InChI is InChI=1S/C23H25N3O3/c1-16(27)26-13-11-17(12-14-26)7-9-21-20-15-19(8-10-22(20)29-25-21)24-23(28)18-5-3-2-4-6-18/h2-6,8,10,15,17H,7,9,11-14H2,1H3,(H,24,28). The third kappa shape index (κ3) is 4.47. The zero-order chi connectivity index (χ0) is 20.2. The van der Waals surface area contributed by atoms with E-state index in [0.717, 1.165) is 61.1 Å². The molecule has 6 nitrogen and oxygen atoms in total. The van der Waals surface area contributed by atoms with E-state index in [1.54, 1.807) is 19.1 Å². The molecule has 1 N–H and O–H groups in total. The zero-order valence-corrected chi connectivity index (χ0v) is 16.6. The molecule has 1 aromatic heterocycles. The van der Waals surface area contributed by atoms with Crippen LogP contribution in [-0.2, 0) is 11.2 Å². The van der Waals surface area contributed by atoms with Gasteiger partial charge in [-0.05, 0) is 61.9 Å². The summed E-state index contributed by atoms with van der Waals surface area (Å²) >= 11 is 0. The van der Waals surface area contributed by atoms with Gasteiger partial charge in [-0.3, -0.25) is 9.59 Å². The summed E-state index contributed by atoms with van der Waals surface area (Å²) in [7, 11) is 0. The van der Waals surface area contributed by atoms with E-state index >= 15 is 0 Å². The minimum Gasteiger partial charge on any atom is -0.356 e. The molecule has 150 valence electrons. The van der Waals surface area contributed by atoms with Crippen LogP contribution in [0.2, 0.25) is 0 Å². The number of likely N-dealkylation sites (tertiary alicyclic amines) is 1. The van der Waals surface area contributed by atoms with E-state index in [0.29, 0.717) is 11.5 Å². The number of rotatable bonds is 5. The first-order valence-electron chi connectivity index (χ1n) is 10.1. The summed E-state index contributed by atoms with van der Waals surface area (Å²) in [5, 5.41) is 8.13. The number of hydrogen-bond donors (Lipinski definition) is 1. The molecule has 2 amide bonds. The highest BCUT2D eigenvalue weighted by Gasteiger charge is 2.21. The topological polar surface area (TPSA) is 75.4 Å². The Balaban J connectivity index is 1.41. The molecule has 2 aromatic carbocycles. The van der Waals surface area contributed by atoms with Crippen molar-refractivity contribution in [3.05, 3.63) is 59.8 Å². The number of benzene rings is 2. The van der Waals surface area contributed by atoms with Crippen molar-refractivity contribution < 1.29 is 14.1 Å². The largest absolute Gasteiger partial charge is 0.356 e. The molecule has 1 aliphatic heterocycles. The van der Waals surface area contributed by atoms with E-state index in [1.807, 2.05) is 41.3 Å². The molecule has 29 heavy (non-hydrogen) atoms. The van der Waals surface area contributed by atoms with Crippen molar-refractivity contribution in [2.75, 3.05) is 18.4 Å². The van der Waals surface area contributed by atoms with Gasteiger partial charge in [-0.25, -0.2) is 0 Å². The third-order valence-corrected chi connectivity index (χ3v) is 5.69. The number of hydrogen-bond acceptors (Lipinski definition) is 4. The Hall–Kier alpha value is -3.15. The quantitative estimate of drug-likeness (QED) is 0.705. The van der Waals surface area contributed by atoms with Gasteiger partial charge in [0.25, 0.3) is 5.91 Å². The Kier molecular flexibility index (Phi) is 5.60. The first kappa shape index (κ1) is 19.2. The molecule has 0 saturated carbocycles. The fraction of sp³-hybridized carbons (Fsp3) is 0.348. The lowest BCUT2D eigenvalue weighted by Crippen LogP contribution is -2.37. The smallest absolute Gasteiger partial charge is 0.255 e. The van der Waals surface area contributed by atoms with Gasteiger partial charge < -0.3 is 14.7 Å². The number of fused-ring (bicyclic) bond motifs is 1. The first-order chi connectivity index (χ1) is 14.1. The average molecular weight is 391 g/mol. The first-order valence-corrected chi connectivity index (χ1v) is 10.1. The van der Waals surface area contributed by atoms with Crippen LogP contribution in [0, 0.1) is 5.92 Å². The Morgan fingerprint density at radius 3 is 2.62 bits per heavy atom. The molecule has 0 aliphatic carbocycles. The molecular formula is C23H25N3O3. The summed E-state index contributed by atoms with van der Waals surface area (Å²) in [6, 6.07) is 14.8. The number of carbonyl (C=O) groups excluding carboxylic acids is 2. The van der Waals surface area contributed by atoms with Crippen molar-refractivity contribution in [1.82, 2.24) is 10.1 Å². The van der Waals surface area contributed by atoms with E-state index in [4.69, 9.17) is 4.52 Å². The van der Waals surface area contributed by atoms with Crippen molar-refractivity contribution in [3.63, 3.8) is 0 Å². The fourth-order valence-corrected chi connectivity index (χ4v) is 3.92. The molecule has 2 heterocycles. The normalized spacial score (nSPS) is 14.9. The van der Waals surface area contributed by atoms with Gasteiger partial charge in [0.2, 0.25) is 5.91 Å². The van der Waals surface area contributed by atoms with E-state index in [-0.39, 0.29) is 11.8 Å². The van der Waals surface area contributed by atoms with Crippen LogP contribution in [0.15, 0.2) is 53.1 Å². The van der Waals surface area contributed by atoms with Crippen LogP contribution in [0.25, 0.3) is 11.0 Å². The van der Waals surface area contributed by atoms with Gasteiger partial charge in [0.15, 0.2) is 5.58 Å². The highest BCUT2D eigenvalue weighted by Crippen LogP contribution is 2.27. The molecule has 1 aliphatic rings. The number of nitrogens with zero attached hydrogens (tertiary/aromatic N) is 2. The summed E-state index contributed by atoms with van der Waals surface area (Å²) in [4.78, 5) is 25.8. The van der Waals surface area contributed by atoms with Crippen LogP contribution in [0.5, 0.6) is 0 Å². The maximum absolute atomic E-state index is 12.4. The average Bonchev–Trinajstić information content (AvgIpc) is 3.15. The molecule has 1 fully saturated rings. The molecule has 6 heteroatoms. The number of anilines is 1. The molecular weight excluding hydrogens is 366 g/mol. The second kappa shape index (κ2) is 8.47. The Bertz CT molecular complexity index is 1000. The molecule has 4 rings (SSSR count). The maximum atomic E-state index is 12.4. The number of piperidine rings is 1. The predicted octanol–water partition coefficient (Wildman–Crippen LogP) is 4.27. The van der Waals surface area contributed by atoms with Crippen LogP contribution < -0.4 is 5.32 Å². The highest BCUT2D eigenvalue weighted by molar-refractivity contribution is 6.05. The second-order valence-corrected chi connectivity index (χ2v) is 7.65. The summed E-state index contributed by atoms with van der Waals surface area (Å²) in [6.07, 6.45) is 3.92. The predicted molar refractivity (Wildman–Crippen MR) is 112 cm³/mol. The van der Waals surface area contributed by atoms with Gasteiger partial charge in [-0.15, -0.1) is 0 Å². The number of aromatic nitrogens is 1. The van der Waals surface area contributed by atoms with Crippen LogP contribution in [0.1, 0.15) is 42.2 Å². The molecule has 0 unspecified atom stereocenters.